The van der Waals surface area contributed by atoms with Gasteiger partial charge in [-0.2, -0.15) is 0 Å². The summed E-state index contributed by atoms with van der Waals surface area (Å²) in [5.74, 6) is 1.44. The lowest BCUT2D eigenvalue weighted by Crippen LogP contribution is -2.12. The highest BCUT2D eigenvalue weighted by atomic mass is 32.2. The van der Waals surface area contributed by atoms with Gasteiger partial charge < -0.3 is 23.9 Å². The summed E-state index contributed by atoms with van der Waals surface area (Å²) in [4.78, 5) is 17.5. The van der Waals surface area contributed by atoms with Gasteiger partial charge in [-0.3, -0.25) is 4.79 Å². The number of carbonyl (C=O) groups excluding carboxylic acids is 1. The van der Waals surface area contributed by atoms with Gasteiger partial charge >= 0.3 is 0 Å². The lowest BCUT2D eigenvalue weighted by Gasteiger charge is -2.14. The van der Waals surface area contributed by atoms with Crippen LogP contribution in [0.2, 0.25) is 0 Å². The molecule has 0 bridgehead atoms. The van der Waals surface area contributed by atoms with E-state index in [0.29, 0.717) is 35.5 Å². The SMILES string of the molecule is CCCCOCCOc1ccc(-c2cccc(/C=C/C(=O)Nc3ccc([S+]([O-])Cc4cncn4CC(C)C)cc3)c2)cc1. The highest BCUT2D eigenvalue weighted by Gasteiger charge is 2.16. The van der Waals surface area contributed by atoms with E-state index in [2.05, 4.69) is 35.6 Å². The molecule has 4 rings (SSSR count). The normalized spacial score (nSPS) is 12.1. The molecule has 1 unspecified atom stereocenters. The second-order valence-electron chi connectivity index (χ2n) is 10.7. The molecule has 0 saturated carbocycles. The van der Waals surface area contributed by atoms with Crippen molar-refractivity contribution in [2.75, 3.05) is 25.1 Å². The van der Waals surface area contributed by atoms with Gasteiger partial charge in [0.1, 0.15) is 12.4 Å². The highest BCUT2D eigenvalue weighted by molar-refractivity contribution is 7.90. The molecule has 0 fully saturated rings. The van der Waals surface area contributed by atoms with Crippen molar-refractivity contribution in [2.24, 2.45) is 5.92 Å². The van der Waals surface area contributed by atoms with Gasteiger partial charge in [-0.05, 0) is 88.7 Å². The molecule has 43 heavy (non-hydrogen) atoms. The number of amides is 1. The van der Waals surface area contributed by atoms with Crippen LogP contribution in [-0.4, -0.2) is 39.8 Å². The fourth-order valence-electron chi connectivity index (χ4n) is 4.42. The minimum absolute atomic E-state index is 0.239. The molecular formula is C35H41N3O4S. The van der Waals surface area contributed by atoms with E-state index in [4.69, 9.17) is 9.47 Å². The number of imidazole rings is 1. The van der Waals surface area contributed by atoms with Crippen LogP contribution in [0.15, 0.2) is 96.3 Å². The third-order valence-corrected chi connectivity index (χ3v) is 8.02. The van der Waals surface area contributed by atoms with Crippen LogP contribution in [0.5, 0.6) is 5.75 Å². The van der Waals surface area contributed by atoms with Crippen LogP contribution in [0.25, 0.3) is 17.2 Å². The summed E-state index contributed by atoms with van der Waals surface area (Å²) in [7, 11) is 0. The molecule has 1 heterocycles. The fraction of sp³-hybridized carbons (Fsp3) is 0.314. The van der Waals surface area contributed by atoms with Crippen LogP contribution < -0.4 is 10.1 Å². The Morgan fingerprint density at radius 3 is 2.56 bits per heavy atom. The number of ether oxygens (including phenoxy) is 2. The van der Waals surface area contributed by atoms with Crippen molar-refractivity contribution < 1.29 is 18.8 Å². The Kier molecular flexibility index (Phi) is 12.5. The Balaban J connectivity index is 1.27. The summed E-state index contributed by atoms with van der Waals surface area (Å²) in [6.45, 7) is 9.16. The zero-order chi connectivity index (χ0) is 30.4. The van der Waals surface area contributed by atoms with E-state index in [0.717, 1.165) is 54.1 Å². The molecule has 0 radical (unpaired) electrons. The zero-order valence-electron chi connectivity index (χ0n) is 25.2. The number of hydrogen-bond acceptors (Lipinski definition) is 5. The van der Waals surface area contributed by atoms with Gasteiger partial charge in [0, 0.05) is 24.9 Å². The molecule has 0 aliphatic heterocycles. The molecule has 1 N–H and O–H groups in total. The average Bonchev–Trinajstić information content (AvgIpc) is 3.44. The predicted octanol–water partition coefficient (Wildman–Crippen LogP) is 7.36. The first-order chi connectivity index (χ1) is 20.9. The van der Waals surface area contributed by atoms with Crippen LogP contribution in [0.4, 0.5) is 5.69 Å². The van der Waals surface area contributed by atoms with Crippen LogP contribution >= 0.6 is 0 Å². The summed E-state index contributed by atoms with van der Waals surface area (Å²) >= 11 is -1.21. The number of hydrogen-bond donors (Lipinski definition) is 1. The summed E-state index contributed by atoms with van der Waals surface area (Å²) in [6.07, 6.45) is 9.06. The Hall–Kier alpha value is -3.85. The number of anilines is 1. The fourth-order valence-corrected chi connectivity index (χ4v) is 5.54. The van der Waals surface area contributed by atoms with Crippen LogP contribution in [0.3, 0.4) is 0 Å². The first kappa shape index (κ1) is 32.1. The first-order valence-corrected chi connectivity index (χ1v) is 16.1. The molecule has 4 aromatic rings. The first-order valence-electron chi connectivity index (χ1n) is 14.8. The van der Waals surface area contributed by atoms with Crippen LogP contribution in [0.1, 0.15) is 44.9 Å². The smallest absolute Gasteiger partial charge is 0.248 e. The van der Waals surface area contributed by atoms with Crippen molar-refractivity contribution in [3.63, 3.8) is 0 Å². The topological polar surface area (TPSA) is 88.4 Å². The summed E-state index contributed by atoms with van der Waals surface area (Å²) in [5, 5.41) is 2.88. The largest absolute Gasteiger partial charge is 0.611 e. The Bertz CT molecular complexity index is 1450. The minimum Gasteiger partial charge on any atom is -0.611 e. The van der Waals surface area contributed by atoms with Crippen molar-refractivity contribution >= 4 is 28.8 Å². The van der Waals surface area contributed by atoms with Gasteiger partial charge in [0.25, 0.3) is 0 Å². The van der Waals surface area contributed by atoms with Crippen molar-refractivity contribution in [1.82, 2.24) is 9.55 Å². The number of unbranched alkanes of at least 4 members (excludes halogenated alkanes) is 1. The van der Waals surface area contributed by atoms with Crippen LogP contribution in [-0.2, 0) is 33.0 Å². The summed E-state index contributed by atoms with van der Waals surface area (Å²) in [5.41, 5.74) is 4.62. The molecule has 7 nitrogen and oxygen atoms in total. The number of rotatable bonds is 16. The average molecular weight is 600 g/mol. The highest BCUT2D eigenvalue weighted by Crippen LogP contribution is 2.24. The number of aromatic nitrogens is 2. The molecule has 0 spiro atoms. The van der Waals surface area contributed by atoms with Crippen LogP contribution in [0, 0.1) is 5.92 Å². The van der Waals surface area contributed by atoms with Gasteiger partial charge in [-0.15, -0.1) is 0 Å². The van der Waals surface area contributed by atoms with Crippen molar-refractivity contribution in [2.45, 2.75) is 50.8 Å². The molecule has 8 heteroatoms. The summed E-state index contributed by atoms with van der Waals surface area (Å²) in [6, 6.07) is 23.1. The van der Waals surface area contributed by atoms with E-state index in [1.54, 1.807) is 42.9 Å². The van der Waals surface area contributed by atoms with E-state index in [-0.39, 0.29) is 5.91 Å². The number of nitrogens with one attached hydrogen (secondary N) is 1. The van der Waals surface area contributed by atoms with Crippen molar-refractivity contribution in [3.8, 4) is 16.9 Å². The third kappa shape index (κ3) is 10.4. The summed E-state index contributed by atoms with van der Waals surface area (Å²) < 4.78 is 26.3. The Morgan fingerprint density at radius 2 is 1.81 bits per heavy atom. The quantitative estimate of drug-likeness (QED) is 0.0826. The minimum atomic E-state index is -1.21. The molecule has 0 saturated heterocycles. The monoisotopic (exact) mass is 599 g/mol. The number of nitrogens with zero attached hydrogens (tertiary/aromatic N) is 2. The van der Waals surface area contributed by atoms with E-state index in [9.17, 15) is 9.35 Å². The molecule has 3 aromatic carbocycles. The lowest BCUT2D eigenvalue weighted by molar-refractivity contribution is -0.111. The standard InChI is InChI=1S/C35H41N3O4S/c1-4-5-19-41-20-21-42-33-14-10-29(11-15-33)30-8-6-7-28(22-30)9-18-35(39)37-31-12-16-34(17-13-31)43(40)25-32-23-36-26-38(32)24-27(2)3/h6-18,22-23,26-27H,4-5,19-21,24-25H2,1-3H3,(H,37,39)/b18-9+. The second kappa shape index (κ2) is 16.7. The molecule has 0 aliphatic rings. The van der Waals surface area contributed by atoms with Gasteiger partial charge in [0.2, 0.25) is 5.91 Å². The molecular weight excluding hydrogens is 558 g/mol. The maximum Gasteiger partial charge on any atom is 0.248 e. The van der Waals surface area contributed by atoms with E-state index in [1.165, 1.54) is 6.08 Å². The van der Waals surface area contributed by atoms with Gasteiger partial charge in [-0.1, -0.05) is 57.5 Å². The number of carbonyl (C=O) groups is 1. The Morgan fingerprint density at radius 1 is 1.02 bits per heavy atom. The molecule has 1 aromatic heterocycles. The zero-order valence-corrected chi connectivity index (χ0v) is 26.0. The second-order valence-corrected chi connectivity index (χ2v) is 12.2. The van der Waals surface area contributed by atoms with Gasteiger partial charge in [-0.25, -0.2) is 4.98 Å². The van der Waals surface area contributed by atoms with Crippen molar-refractivity contribution in [1.29, 1.82) is 0 Å². The number of benzene rings is 3. The Labute approximate surface area is 258 Å². The lowest BCUT2D eigenvalue weighted by atomic mass is 10.0. The third-order valence-electron chi connectivity index (χ3n) is 6.66. The van der Waals surface area contributed by atoms with Gasteiger partial charge in [0.15, 0.2) is 10.6 Å². The maximum atomic E-state index is 12.9. The van der Waals surface area contributed by atoms with E-state index >= 15 is 0 Å². The molecule has 226 valence electrons. The van der Waals surface area contributed by atoms with Crippen molar-refractivity contribution in [3.05, 3.63) is 103 Å². The van der Waals surface area contributed by atoms with E-state index in [1.807, 2.05) is 48.5 Å². The maximum absolute atomic E-state index is 12.9. The van der Waals surface area contributed by atoms with E-state index < -0.39 is 11.2 Å². The van der Waals surface area contributed by atoms with Gasteiger partial charge in [0.05, 0.1) is 24.8 Å². The molecule has 1 atom stereocenters. The molecule has 0 aliphatic carbocycles. The predicted molar refractivity (Wildman–Crippen MR) is 174 cm³/mol. The molecule has 1 amide bonds.